The van der Waals surface area contributed by atoms with Crippen LogP contribution in [0.2, 0.25) is 5.02 Å². The summed E-state index contributed by atoms with van der Waals surface area (Å²) in [4.78, 5) is 24.5. The van der Waals surface area contributed by atoms with E-state index in [1.54, 1.807) is 20.8 Å². The van der Waals surface area contributed by atoms with Crippen molar-refractivity contribution >= 4 is 23.5 Å². The Kier molecular flexibility index (Phi) is 5.11. The van der Waals surface area contributed by atoms with Gasteiger partial charge in [-0.25, -0.2) is 4.39 Å². The molecule has 0 aliphatic rings. The van der Waals surface area contributed by atoms with Crippen LogP contribution >= 0.6 is 11.6 Å². The molecule has 0 heterocycles. The number of halogens is 2. The number of carboxylic acids is 1. The number of rotatable bonds is 4. The van der Waals surface area contributed by atoms with E-state index < -0.39 is 23.2 Å². The van der Waals surface area contributed by atoms with Gasteiger partial charge in [0.1, 0.15) is 5.82 Å². The Labute approximate surface area is 122 Å². The molecule has 1 aromatic rings. The van der Waals surface area contributed by atoms with Crippen molar-refractivity contribution in [3.8, 4) is 0 Å². The lowest BCUT2D eigenvalue weighted by molar-refractivity contribution is -0.137. The van der Waals surface area contributed by atoms with E-state index in [0.717, 1.165) is 6.07 Å². The van der Waals surface area contributed by atoms with Gasteiger partial charge in [-0.2, -0.15) is 0 Å². The summed E-state index contributed by atoms with van der Waals surface area (Å²) < 4.78 is 13.4. The Morgan fingerprint density at radius 1 is 1.35 bits per heavy atom. The molecule has 0 unspecified atom stereocenters. The van der Waals surface area contributed by atoms with Crippen LogP contribution in [0.3, 0.4) is 0 Å². The number of benzene rings is 1. The summed E-state index contributed by atoms with van der Waals surface area (Å²) in [7, 11) is 0. The summed E-state index contributed by atoms with van der Waals surface area (Å²) in [5.41, 5.74) is -0.561. The van der Waals surface area contributed by atoms with Gasteiger partial charge in [0, 0.05) is 12.1 Å². The molecule has 0 radical (unpaired) electrons. The van der Waals surface area contributed by atoms with Crippen molar-refractivity contribution < 1.29 is 19.1 Å². The molecule has 20 heavy (non-hydrogen) atoms. The lowest BCUT2D eigenvalue weighted by atomic mass is 10.0. The fraction of sp³-hybridized carbons (Fsp3) is 0.429. The number of nitrogens with zero attached hydrogens (tertiary/aromatic N) is 1. The zero-order chi connectivity index (χ0) is 15.5. The average molecular weight is 302 g/mol. The van der Waals surface area contributed by atoms with Crippen LogP contribution in [0.5, 0.6) is 0 Å². The molecule has 0 bridgehead atoms. The van der Waals surface area contributed by atoms with Crippen LogP contribution in [-0.2, 0) is 4.79 Å². The molecule has 0 aliphatic carbocycles. The van der Waals surface area contributed by atoms with Crippen LogP contribution in [-0.4, -0.2) is 34.0 Å². The van der Waals surface area contributed by atoms with E-state index in [4.69, 9.17) is 16.7 Å². The third kappa shape index (κ3) is 3.93. The average Bonchev–Trinajstić information content (AvgIpc) is 2.30. The van der Waals surface area contributed by atoms with Gasteiger partial charge in [0.25, 0.3) is 5.91 Å². The standard InChI is InChI=1S/C14H17ClFNO3/c1-14(2,3)17(8-7-11(18)19)13(20)9-5-4-6-10(16)12(9)15/h4-6H,7-8H2,1-3H3,(H,18,19). The number of carbonyl (C=O) groups excluding carboxylic acids is 1. The molecule has 1 aromatic carbocycles. The first-order chi connectivity index (χ1) is 9.14. The van der Waals surface area contributed by atoms with Gasteiger partial charge in [0.2, 0.25) is 0 Å². The molecular formula is C14H17ClFNO3. The SMILES string of the molecule is CC(C)(C)N(CCC(=O)O)C(=O)c1cccc(F)c1Cl. The predicted octanol–water partition coefficient (Wildman–Crippen LogP) is 3.19. The Hall–Kier alpha value is -1.62. The maximum absolute atomic E-state index is 13.4. The molecule has 0 atom stereocenters. The number of carboxylic acid groups (broad SMARTS) is 1. The summed E-state index contributed by atoms with van der Waals surface area (Å²) in [6.45, 7) is 5.37. The molecule has 0 aromatic heterocycles. The predicted molar refractivity (Wildman–Crippen MR) is 74.5 cm³/mol. The van der Waals surface area contributed by atoms with Gasteiger partial charge in [-0.1, -0.05) is 17.7 Å². The molecule has 0 aliphatic heterocycles. The molecular weight excluding hydrogens is 285 g/mol. The van der Waals surface area contributed by atoms with Crippen molar-refractivity contribution in [3.05, 3.63) is 34.6 Å². The van der Waals surface area contributed by atoms with Gasteiger partial charge in [-0.05, 0) is 32.9 Å². The minimum absolute atomic E-state index is 0.0323. The van der Waals surface area contributed by atoms with Gasteiger partial charge in [0.15, 0.2) is 0 Å². The van der Waals surface area contributed by atoms with Crippen molar-refractivity contribution in [3.63, 3.8) is 0 Å². The van der Waals surface area contributed by atoms with Crippen LogP contribution in [0.25, 0.3) is 0 Å². The number of carbonyl (C=O) groups is 2. The van der Waals surface area contributed by atoms with E-state index in [1.807, 2.05) is 0 Å². The van der Waals surface area contributed by atoms with Crippen molar-refractivity contribution in [1.29, 1.82) is 0 Å². The van der Waals surface area contributed by atoms with Gasteiger partial charge in [-0.3, -0.25) is 9.59 Å². The Morgan fingerprint density at radius 3 is 2.45 bits per heavy atom. The third-order valence-corrected chi connectivity index (χ3v) is 3.17. The van der Waals surface area contributed by atoms with E-state index in [2.05, 4.69) is 0 Å². The van der Waals surface area contributed by atoms with Crippen LogP contribution < -0.4 is 0 Å². The molecule has 110 valence electrons. The first kappa shape index (κ1) is 16.4. The third-order valence-electron chi connectivity index (χ3n) is 2.79. The topological polar surface area (TPSA) is 57.6 Å². The van der Waals surface area contributed by atoms with Gasteiger partial charge < -0.3 is 10.0 Å². The van der Waals surface area contributed by atoms with Gasteiger partial charge in [-0.15, -0.1) is 0 Å². The lowest BCUT2D eigenvalue weighted by Crippen LogP contribution is -2.46. The van der Waals surface area contributed by atoms with Crippen molar-refractivity contribution in [2.24, 2.45) is 0 Å². The van der Waals surface area contributed by atoms with E-state index >= 15 is 0 Å². The number of hydrogen-bond donors (Lipinski definition) is 1. The minimum atomic E-state index is -1.00. The summed E-state index contributed by atoms with van der Waals surface area (Å²) in [6, 6.07) is 3.98. The minimum Gasteiger partial charge on any atom is -0.481 e. The molecule has 0 saturated heterocycles. The molecule has 0 saturated carbocycles. The van der Waals surface area contributed by atoms with Crippen molar-refractivity contribution in [2.75, 3.05) is 6.54 Å². The number of aliphatic carboxylic acids is 1. The van der Waals surface area contributed by atoms with Gasteiger partial charge >= 0.3 is 5.97 Å². The normalized spacial score (nSPS) is 11.2. The Morgan fingerprint density at radius 2 is 1.95 bits per heavy atom. The fourth-order valence-electron chi connectivity index (χ4n) is 1.76. The van der Waals surface area contributed by atoms with E-state index in [1.165, 1.54) is 17.0 Å². The van der Waals surface area contributed by atoms with Gasteiger partial charge in [0.05, 0.1) is 17.0 Å². The Balaban J connectivity index is 3.10. The molecule has 1 amide bonds. The highest BCUT2D eigenvalue weighted by molar-refractivity contribution is 6.34. The second-order valence-corrected chi connectivity index (χ2v) is 5.75. The molecule has 1 N–H and O–H groups in total. The largest absolute Gasteiger partial charge is 0.481 e. The number of hydrogen-bond acceptors (Lipinski definition) is 2. The second-order valence-electron chi connectivity index (χ2n) is 5.37. The maximum atomic E-state index is 13.4. The summed E-state index contributed by atoms with van der Waals surface area (Å²) in [5.74, 6) is -2.16. The molecule has 6 heteroatoms. The van der Waals surface area contributed by atoms with Crippen LogP contribution in [0.4, 0.5) is 4.39 Å². The molecule has 1 rings (SSSR count). The highest BCUT2D eigenvalue weighted by Gasteiger charge is 2.29. The highest BCUT2D eigenvalue weighted by Crippen LogP contribution is 2.24. The smallest absolute Gasteiger partial charge is 0.305 e. The fourth-order valence-corrected chi connectivity index (χ4v) is 1.97. The van der Waals surface area contributed by atoms with Crippen molar-refractivity contribution in [1.82, 2.24) is 4.90 Å². The van der Waals surface area contributed by atoms with E-state index in [9.17, 15) is 14.0 Å². The van der Waals surface area contributed by atoms with Crippen LogP contribution in [0.1, 0.15) is 37.6 Å². The quantitative estimate of drug-likeness (QED) is 0.929. The highest BCUT2D eigenvalue weighted by atomic mass is 35.5. The summed E-state index contributed by atoms with van der Waals surface area (Å²) in [5, 5.41) is 8.51. The molecule has 4 nitrogen and oxygen atoms in total. The first-order valence-electron chi connectivity index (χ1n) is 6.12. The monoisotopic (exact) mass is 301 g/mol. The number of amides is 1. The Bertz CT molecular complexity index is 526. The molecule has 0 spiro atoms. The van der Waals surface area contributed by atoms with Crippen LogP contribution in [0.15, 0.2) is 18.2 Å². The first-order valence-corrected chi connectivity index (χ1v) is 6.50. The summed E-state index contributed by atoms with van der Waals surface area (Å²) >= 11 is 5.81. The van der Waals surface area contributed by atoms with E-state index in [0.29, 0.717) is 0 Å². The second kappa shape index (κ2) is 6.22. The van der Waals surface area contributed by atoms with Crippen LogP contribution in [0, 0.1) is 5.82 Å². The zero-order valence-corrected chi connectivity index (χ0v) is 12.4. The summed E-state index contributed by atoms with van der Waals surface area (Å²) in [6.07, 6.45) is -0.185. The van der Waals surface area contributed by atoms with E-state index in [-0.39, 0.29) is 23.6 Å². The van der Waals surface area contributed by atoms with Crippen molar-refractivity contribution in [2.45, 2.75) is 32.7 Å². The zero-order valence-electron chi connectivity index (χ0n) is 11.6. The maximum Gasteiger partial charge on any atom is 0.305 e. The molecule has 0 fully saturated rings. The lowest BCUT2D eigenvalue weighted by Gasteiger charge is -2.35.